The Morgan fingerprint density at radius 1 is 1.06 bits per heavy atom. The van der Waals surface area contributed by atoms with Crippen molar-refractivity contribution in [2.75, 3.05) is 14.2 Å². The second-order valence-electron chi connectivity index (χ2n) is 7.48. The summed E-state index contributed by atoms with van der Waals surface area (Å²) in [5.74, 6) is -0.264. The van der Waals surface area contributed by atoms with E-state index < -0.39 is 17.7 Å². The molecule has 1 aromatic heterocycles. The first-order valence-electron chi connectivity index (χ1n) is 10.0. The fourth-order valence-electron chi connectivity index (χ4n) is 3.86. The number of furan rings is 1. The minimum absolute atomic E-state index is 0.0167. The molecule has 0 aliphatic carbocycles. The van der Waals surface area contributed by atoms with E-state index >= 15 is 0 Å². The largest absolute Gasteiger partial charge is 0.507 e. The van der Waals surface area contributed by atoms with E-state index in [0.717, 1.165) is 5.56 Å². The van der Waals surface area contributed by atoms with Crippen molar-refractivity contribution in [3.05, 3.63) is 88.9 Å². The van der Waals surface area contributed by atoms with Crippen LogP contribution in [0, 0.1) is 6.92 Å². The number of aliphatic hydroxyl groups is 1. The van der Waals surface area contributed by atoms with Crippen LogP contribution in [0.15, 0.2) is 70.9 Å². The predicted molar refractivity (Wildman–Crippen MR) is 117 cm³/mol. The average Bonchev–Trinajstić information content (AvgIpc) is 3.41. The topological polar surface area (TPSA) is 89.2 Å². The standard InChI is InChI=1S/C25H23NO6/c1-15-6-8-16(9-7-15)23(27)21-22(19-13-17(30-2)10-11-20(19)31-3)26(25(29)24(21)28)14-18-5-4-12-32-18/h4-13,22,27H,14H2,1-3H3/t22-/m0/s1. The van der Waals surface area contributed by atoms with Gasteiger partial charge in [0, 0.05) is 11.1 Å². The lowest BCUT2D eigenvalue weighted by Gasteiger charge is -2.26. The van der Waals surface area contributed by atoms with Crippen LogP contribution < -0.4 is 9.47 Å². The number of ketones is 1. The zero-order valence-corrected chi connectivity index (χ0v) is 18.0. The van der Waals surface area contributed by atoms with Crippen LogP contribution in [-0.2, 0) is 16.1 Å². The van der Waals surface area contributed by atoms with Crippen LogP contribution in [0.2, 0.25) is 0 Å². The molecule has 1 amide bonds. The Hall–Kier alpha value is -4.00. The van der Waals surface area contributed by atoms with Gasteiger partial charge in [-0.1, -0.05) is 29.8 Å². The molecule has 32 heavy (non-hydrogen) atoms. The highest BCUT2D eigenvalue weighted by Gasteiger charge is 2.47. The molecular formula is C25H23NO6. The van der Waals surface area contributed by atoms with Crippen molar-refractivity contribution in [3.63, 3.8) is 0 Å². The van der Waals surface area contributed by atoms with Crippen LogP contribution in [0.25, 0.3) is 5.76 Å². The van der Waals surface area contributed by atoms with Crippen molar-refractivity contribution in [3.8, 4) is 11.5 Å². The number of hydrogen-bond donors (Lipinski definition) is 1. The summed E-state index contributed by atoms with van der Waals surface area (Å²) in [4.78, 5) is 27.6. The zero-order chi connectivity index (χ0) is 22.8. The molecule has 0 radical (unpaired) electrons. The maximum absolute atomic E-state index is 13.2. The zero-order valence-electron chi connectivity index (χ0n) is 18.0. The molecule has 0 spiro atoms. The lowest BCUT2D eigenvalue weighted by atomic mass is 9.94. The number of carbonyl (C=O) groups excluding carboxylic acids is 2. The summed E-state index contributed by atoms with van der Waals surface area (Å²) in [6.07, 6.45) is 1.50. The maximum atomic E-state index is 13.2. The first-order chi connectivity index (χ1) is 15.4. The van der Waals surface area contributed by atoms with Gasteiger partial charge in [-0.15, -0.1) is 0 Å². The van der Waals surface area contributed by atoms with E-state index in [1.165, 1.54) is 25.4 Å². The predicted octanol–water partition coefficient (Wildman–Crippen LogP) is 4.23. The van der Waals surface area contributed by atoms with E-state index in [0.29, 0.717) is 28.4 Å². The molecule has 1 fully saturated rings. The number of amides is 1. The third-order valence-electron chi connectivity index (χ3n) is 5.50. The number of aliphatic hydroxyl groups excluding tert-OH is 1. The fraction of sp³-hybridized carbons (Fsp3) is 0.200. The minimum atomic E-state index is -0.897. The summed E-state index contributed by atoms with van der Waals surface area (Å²) in [5.41, 5.74) is 1.95. The van der Waals surface area contributed by atoms with E-state index in [4.69, 9.17) is 13.9 Å². The summed E-state index contributed by atoms with van der Waals surface area (Å²) in [5, 5.41) is 11.1. The molecule has 0 unspecified atom stereocenters. The molecule has 164 valence electrons. The third-order valence-corrected chi connectivity index (χ3v) is 5.50. The van der Waals surface area contributed by atoms with E-state index in [1.807, 2.05) is 19.1 Å². The molecular weight excluding hydrogens is 410 g/mol. The van der Waals surface area contributed by atoms with Crippen LogP contribution in [0.5, 0.6) is 11.5 Å². The van der Waals surface area contributed by atoms with Crippen LogP contribution in [0.3, 0.4) is 0 Å². The number of carbonyl (C=O) groups is 2. The van der Waals surface area contributed by atoms with Gasteiger partial charge < -0.3 is 23.9 Å². The first kappa shape index (κ1) is 21.2. The molecule has 2 heterocycles. The average molecular weight is 433 g/mol. The number of ether oxygens (including phenoxy) is 2. The molecule has 0 saturated carbocycles. The molecule has 7 heteroatoms. The highest BCUT2D eigenvalue weighted by Crippen LogP contribution is 2.44. The van der Waals surface area contributed by atoms with Crippen LogP contribution in [0.4, 0.5) is 0 Å². The molecule has 0 bridgehead atoms. The van der Waals surface area contributed by atoms with E-state index in [1.54, 1.807) is 42.5 Å². The smallest absolute Gasteiger partial charge is 0.296 e. The molecule has 2 aromatic carbocycles. The van der Waals surface area contributed by atoms with Gasteiger partial charge in [0.1, 0.15) is 23.0 Å². The third kappa shape index (κ3) is 3.73. The van der Waals surface area contributed by atoms with Gasteiger partial charge in [-0.05, 0) is 37.3 Å². The molecule has 4 rings (SSSR count). The van der Waals surface area contributed by atoms with Gasteiger partial charge in [0.15, 0.2) is 0 Å². The summed E-state index contributed by atoms with van der Waals surface area (Å²) < 4.78 is 16.3. The van der Waals surface area contributed by atoms with Crippen LogP contribution >= 0.6 is 0 Å². The minimum Gasteiger partial charge on any atom is -0.507 e. The second-order valence-corrected chi connectivity index (χ2v) is 7.48. The van der Waals surface area contributed by atoms with Gasteiger partial charge in [-0.3, -0.25) is 9.59 Å². The summed E-state index contributed by atoms with van der Waals surface area (Å²) >= 11 is 0. The number of benzene rings is 2. The number of methoxy groups -OCH3 is 2. The Bertz CT molecular complexity index is 1180. The quantitative estimate of drug-likeness (QED) is 0.356. The Balaban J connectivity index is 1.93. The normalized spacial score (nSPS) is 17.6. The summed E-state index contributed by atoms with van der Waals surface area (Å²) in [6.45, 7) is 1.97. The van der Waals surface area contributed by atoms with Crippen molar-refractivity contribution in [1.29, 1.82) is 0 Å². The second kappa shape index (κ2) is 8.63. The molecule has 1 N–H and O–H groups in total. The Labute approximate surface area is 185 Å². The number of Topliss-reactive ketones (excluding diaryl/α,β-unsaturated/α-hetero) is 1. The Kier molecular flexibility index (Phi) is 5.73. The van der Waals surface area contributed by atoms with E-state index in [2.05, 4.69) is 0 Å². The van der Waals surface area contributed by atoms with Crippen molar-refractivity contribution in [2.45, 2.75) is 19.5 Å². The highest BCUT2D eigenvalue weighted by molar-refractivity contribution is 6.46. The van der Waals surface area contributed by atoms with Crippen molar-refractivity contribution in [1.82, 2.24) is 4.90 Å². The van der Waals surface area contributed by atoms with Gasteiger partial charge in [0.25, 0.3) is 11.7 Å². The van der Waals surface area contributed by atoms with Crippen LogP contribution in [0.1, 0.15) is 28.5 Å². The lowest BCUT2D eigenvalue weighted by Crippen LogP contribution is -2.29. The highest BCUT2D eigenvalue weighted by atomic mass is 16.5. The van der Waals surface area contributed by atoms with Crippen molar-refractivity contribution >= 4 is 17.4 Å². The van der Waals surface area contributed by atoms with Crippen molar-refractivity contribution in [2.24, 2.45) is 0 Å². The van der Waals surface area contributed by atoms with E-state index in [-0.39, 0.29) is 17.9 Å². The molecule has 1 saturated heterocycles. The van der Waals surface area contributed by atoms with Gasteiger partial charge in [0.05, 0.1) is 38.6 Å². The number of aryl methyl sites for hydroxylation is 1. The molecule has 1 atom stereocenters. The summed E-state index contributed by atoms with van der Waals surface area (Å²) in [6, 6.07) is 14.7. The molecule has 3 aromatic rings. The fourth-order valence-corrected chi connectivity index (χ4v) is 3.86. The monoisotopic (exact) mass is 433 g/mol. The van der Waals surface area contributed by atoms with E-state index in [9.17, 15) is 14.7 Å². The number of likely N-dealkylation sites (tertiary alicyclic amines) is 1. The van der Waals surface area contributed by atoms with Gasteiger partial charge in [0.2, 0.25) is 0 Å². The van der Waals surface area contributed by atoms with Gasteiger partial charge >= 0.3 is 0 Å². The van der Waals surface area contributed by atoms with Crippen LogP contribution in [-0.4, -0.2) is 35.9 Å². The molecule has 1 aliphatic rings. The lowest BCUT2D eigenvalue weighted by molar-refractivity contribution is -0.140. The summed E-state index contributed by atoms with van der Waals surface area (Å²) in [7, 11) is 3.03. The number of nitrogens with zero attached hydrogens (tertiary/aromatic N) is 1. The van der Waals surface area contributed by atoms with Gasteiger partial charge in [-0.25, -0.2) is 0 Å². The Morgan fingerprint density at radius 2 is 1.81 bits per heavy atom. The Morgan fingerprint density at radius 3 is 2.44 bits per heavy atom. The maximum Gasteiger partial charge on any atom is 0.296 e. The van der Waals surface area contributed by atoms with Gasteiger partial charge in [-0.2, -0.15) is 0 Å². The SMILES string of the molecule is COc1ccc(OC)c([C@H]2C(=C(O)c3ccc(C)cc3)C(=O)C(=O)N2Cc2ccco2)c1. The number of hydrogen-bond acceptors (Lipinski definition) is 6. The first-order valence-corrected chi connectivity index (χ1v) is 10.0. The molecule has 1 aliphatic heterocycles. The number of rotatable bonds is 6. The van der Waals surface area contributed by atoms with Crippen molar-refractivity contribution < 1.29 is 28.6 Å². The molecule has 7 nitrogen and oxygen atoms in total.